The molecule has 0 aromatic heterocycles. The van der Waals surface area contributed by atoms with Crippen LogP contribution in [0.1, 0.15) is 22.3 Å². The van der Waals surface area contributed by atoms with E-state index in [1.165, 1.54) is 13.4 Å². The van der Waals surface area contributed by atoms with Crippen LogP contribution in [0.15, 0.2) is 48.7 Å². The lowest BCUT2D eigenvalue weighted by atomic mass is 10.0. The van der Waals surface area contributed by atoms with Gasteiger partial charge >= 0.3 is 5.97 Å². The van der Waals surface area contributed by atoms with Gasteiger partial charge in [-0.3, -0.25) is 0 Å². The summed E-state index contributed by atoms with van der Waals surface area (Å²) in [7, 11) is 1.40. The summed E-state index contributed by atoms with van der Waals surface area (Å²) in [4.78, 5) is 11.4. The van der Waals surface area contributed by atoms with Crippen LogP contribution in [0, 0.1) is 18.3 Å². The molecule has 0 aliphatic rings. The molecule has 0 aliphatic heterocycles. The summed E-state index contributed by atoms with van der Waals surface area (Å²) >= 11 is 0. The minimum absolute atomic E-state index is 0.0548. The van der Waals surface area contributed by atoms with Crippen LogP contribution in [-0.4, -0.2) is 18.2 Å². The van der Waals surface area contributed by atoms with Crippen LogP contribution in [0.2, 0.25) is 0 Å². The number of carboxylic acids is 1. The third-order valence-corrected chi connectivity index (χ3v) is 3.47. The summed E-state index contributed by atoms with van der Waals surface area (Å²) in [6.07, 6.45) is 1.20. The molecule has 0 atom stereocenters. The number of hydrogen-bond donors (Lipinski definition) is 1. The van der Waals surface area contributed by atoms with Gasteiger partial charge in [-0.25, -0.2) is 4.79 Å². The highest BCUT2D eigenvalue weighted by Crippen LogP contribution is 2.24. The molecule has 0 saturated heterocycles. The van der Waals surface area contributed by atoms with E-state index in [2.05, 4.69) is 6.07 Å². The van der Waals surface area contributed by atoms with Crippen LogP contribution in [-0.2, 0) is 16.1 Å². The molecule has 24 heavy (non-hydrogen) atoms. The summed E-state index contributed by atoms with van der Waals surface area (Å²) in [6, 6.07) is 14.3. The van der Waals surface area contributed by atoms with Crippen molar-refractivity contribution in [2.75, 3.05) is 7.11 Å². The Morgan fingerprint density at radius 2 is 2.04 bits per heavy atom. The molecule has 0 aliphatic carbocycles. The first-order chi connectivity index (χ1) is 11.6. The monoisotopic (exact) mass is 323 g/mol. The predicted octanol–water partition coefficient (Wildman–Crippen LogP) is 3.52. The van der Waals surface area contributed by atoms with E-state index in [-0.39, 0.29) is 12.2 Å². The molecule has 0 saturated carbocycles. The lowest BCUT2D eigenvalue weighted by molar-refractivity contribution is -0.130. The normalized spacial score (nSPS) is 10.8. The number of aryl methyl sites for hydroxylation is 1. The van der Waals surface area contributed by atoms with E-state index in [4.69, 9.17) is 14.7 Å². The zero-order chi connectivity index (χ0) is 17.5. The fraction of sp³-hybridized carbons (Fsp3) is 0.158. The van der Waals surface area contributed by atoms with Crippen molar-refractivity contribution in [1.29, 1.82) is 5.26 Å². The number of benzene rings is 2. The van der Waals surface area contributed by atoms with Crippen molar-refractivity contribution in [2.24, 2.45) is 0 Å². The Balaban J connectivity index is 2.30. The zero-order valence-corrected chi connectivity index (χ0v) is 13.4. The van der Waals surface area contributed by atoms with Gasteiger partial charge in [0.25, 0.3) is 0 Å². The Morgan fingerprint density at radius 1 is 1.29 bits per heavy atom. The Kier molecular flexibility index (Phi) is 5.58. The molecule has 0 amide bonds. The van der Waals surface area contributed by atoms with Crippen molar-refractivity contribution < 1.29 is 19.4 Å². The molecule has 2 aromatic rings. The van der Waals surface area contributed by atoms with Gasteiger partial charge in [0.1, 0.15) is 17.9 Å². The molecule has 0 bridgehead atoms. The van der Waals surface area contributed by atoms with Crippen molar-refractivity contribution in [3.8, 4) is 11.8 Å². The quantitative estimate of drug-likeness (QED) is 0.650. The Bertz CT molecular complexity index is 818. The average molecular weight is 323 g/mol. The summed E-state index contributed by atoms with van der Waals surface area (Å²) < 4.78 is 10.7. The van der Waals surface area contributed by atoms with Gasteiger partial charge < -0.3 is 14.6 Å². The standard InChI is InChI=1S/C19H17NO4/c1-13-7-8-14(10-20)9-18(13)24-11-15-5-3-4-6-16(15)17(12-23-2)19(21)22/h3-9,12H,11H2,1-2H3,(H,21,22)/b17-12+. The molecule has 5 heteroatoms. The largest absolute Gasteiger partial charge is 0.503 e. The number of aliphatic carboxylic acids is 1. The van der Waals surface area contributed by atoms with Crippen LogP contribution in [0.4, 0.5) is 0 Å². The number of nitrogens with zero attached hydrogens (tertiary/aromatic N) is 1. The van der Waals surface area contributed by atoms with Crippen LogP contribution < -0.4 is 4.74 Å². The first kappa shape index (κ1) is 17.1. The highest BCUT2D eigenvalue weighted by atomic mass is 16.5. The van der Waals surface area contributed by atoms with Gasteiger partial charge in [-0.05, 0) is 35.7 Å². The number of carboxylic acid groups (broad SMARTS) is 1. The number of rotatable bonds is 6. The Labute approximate surface area is 140 Å². The molecule has 0 fully saturated rings. The van der Waals surface area contributed by atoms with E-state index in [9.17, 15) is 9.90 Å². The molecule has 0 radical (unpaired) electrons. The van der Waals surface area contributed by atoms with E-state index in [1.54, 1.807) is 30.3 Å². The summed E-state index contributed by atoms with van der Waals surface area (Å²) in [5.74, 6) is -0.483. The molecule has 5 nitrogen and oxygen atoms in total. The second-order valence-electron chi connectivity index (χ2n) is 5.11. The molecule has 0 heterocycles. The fourth-order valence-electron chi connectivity index (χ4n) is 2.24. The number of ether oxygens (including phenoxy) is 2. The molecular formula is C19H17NO4. The molecule has 1 N–H and O–H groups in total. The van der Waals surface area contributed by atoms with Gasteiger partial charge in [0.2, 0.25) is 0 Å². The molecule has 2 rings (SSSR count). The predicted molar refractivity (Wildman–Crippen MR) is 89.3 cm³/mol. The topological polar surface area (TPSA) is 79.6 Å². The van der Waals surface area contributed by atoms with Gasteiger partial charge in [0, 0.05) is 0 Å². The minimum Gasteiger partial charge on any atom is -0.503 e. The van der Waals surface area contributed by atoms with Gasteiger partial charge in [-0.2, -0.15) is 5.26 Å². The fourth-order valence-corrected chi connectivity index (χ4v) is 2.24. The van der Waals surface area contributed by atoms with Crippen LogP contribution in [0.3, 0.4) is 0 Å². The van der Waals surface area contributed by atoms with Crippen molar-refractivity contribution in [3.63, 3.8) is 0 Å². The van der Waals surface area contributed by atoms with E-state index in [0.29, 0.717) is 22.4 Å². The second-order valence-corrected chi connectivity index (χ2v) is 5.11. The molecular weight excluding hydrogens is 306 g/mol. The lowest BCUT2D eigenvalue weighted by Gasteiger charge is -2.13. The zero-order valence-electron chi connectivity index (χ0n) is 13.4. The van der Waals surface area contributed by atoms with Crippen LogP contribution >= 0.6 is 0 Å². The second kappa shape index (κ2) is 7.84. The molecule has 0 spiro atoms. The van der Waals surface area contributed by atoms with E-state index in [1.807, 2.05) is 19.1 Å². The third-order valence-electron chi connectivity index (χ3n) is 3.47. The van der Waals surface area contributed by atoms with E-state index < -0.39 is 5.97 Å². The summed E-state index contributed by atoms with van der Waals surface area (Å²) in [6.45, 7) is 2.07. The van der Waals surface area contributed by atoms with Crippen LogP contribution in [0.5, 0.6) is 5.75 Å². The van der Waals surface area contributed by atoms with Gasteiger partial charge in [-0.1, -0.05) is 30.3 Å². The van der Waals surface area contributed by atoms with Crippen molar-refractivity contribution in [2.45, 2.75) is 13.5 Å². The van der Waals surface area contributed by atoms with Crippen molar-refractivity contribution in [3.05, 3.63) is 71.0 Å². The highest BCUT2D eigenvalue weighted by molar-refractivity contribution is 6.15. The smallest absolute Gasteiger partial charge is 0.339 e. The highest BCUT2D eigenvalue weighted by Gasteiger charge is 2.15. The van der Waals surface area contributed by atoms with Gasteiger partial charge in [0.05, 0.1) is 25.0 Å². The van der Waals surface area contributed by atoms with Gasteiger partial charge in [0.15, 0.2) is 0 Å². The maximum Gasteiger partial charge on any atom is 0.339 e. The first-order valence-electron chi connectivity index (χ1n) is 7.25. The Hall–Kier alpha value is -3.26. The van der Waals surface area contributed by atoms with E-state index >= 15 is 0 Å². The number of hydrogen-bond acceptors (Lipinski definition) is 4. The third kappa shape index (κ3) is 3.93. The first-order valence-corrected chi connectivity index (χ1v) is 7.25. The van der Waals surface area contributed by atoms with Crippen LogP contribution in [0.25, 0.3) is 5.57 Å². The number of nitriles is 1. The van der Waals surface area contributed by atoms with Crippen molar-refractivity contribution >= 4 is 11.5 Å². The number of methoxy groups -OCH3 is 1. The van der Waals surface area contributed by atoms with E-state index in [0.717, 1.165) is 5.56 Å². The minimum atomic E-state index is -1.08. The lowest BCUT2D eigenvalue weighted by Crippen LogP contribution is -2.06. The average Bonchev–Trinajstić information content (AvgIpc) is 2.59. The molecule has 122 valence electrons. The number of carbonyl (C=O) groups is 1. The molecule has 0 unspecified atom stereocenters. The maximum atomic E-state index is 11.4. The SMILES string of the molecule is CO/C=C(/C(=O)O)c1ccccc1COc1cc(C#N)ccc1C. The molecule has 2 aromatic carbocycles. The Morgan fingerprint density at radius 3 is 2.71 bits per heavy atom. The summed E-state index contributed by atoms with van der Waals surface area (Å²) in [5.41, 5.74) is 2.71. The van der Waals surface area contributed by atoms with Crippen molar-refractivity contribution in [1.82, 2.24) is 0 Å². The van der Waals surface area contributed by atoms with Gasteiger partial charge in [-0.15, -0.1) is 0 Å². The summed E-state index contributed by atoms with van der Waals surface area (Å²) in [5, 5.41) is 18.3. The maximum absolute atomic E-state index is 11.4.